The largest absolute Gasteiger partial charge is 0.463 e. The molecule has 0 radical (unpaired) electrons. The number of rotatable bonds is 4. The number of hydrogen-bond donors (Lipinski definition) is 0. The average Bonchev–Trinajstić information content (AvgIpc) is 3.09. The maximum Gasteiger partial charge on any atom is 0.330 e. The monoisotopic (exact) mass is 216 g/mol. The summed E-state index contributed by atoms with van der Waals surface area (Å²) in [6.07, 6.45) is 5.78. The molecule has 0 bridgehead atoms. The predicted molar refractivity (Wildman–Crippen MR) is 63.1 cm³/mol. The highest BCUT2D eigenvalue weighted by molar-refractivity contribution is 5.82. The van der Waals surface area contributed by atoms with Crippen LogP contribution in [0.5, 0.6) is 0 Å². The highest BCUT2D eigenvalue weighted by atomic mass is 16.5. The first kappa shape index (κ1) is 10.9. The summed E-state index contributed by atoms with van der Waals surface area (Å²) in [6, 6.07) is 10.3. The molecule has 0 heterocycles. The molecule has 1 aliphatic carbocycles. The molecule has 1 aliphatic rings. The van der Waals surface area contributed by atoms with Gasteiger partial charge in [0.1, 0.15) is 0 Å². The first-order chi connectivity index (χ1) is 7.77. The van der Waals surface area contributed by atoms with Crippen LogP contribution in [0.1, 0.15) is 25.3 Å². The highest BCUT2D eigenvalue weighted by Gasteiger charge is 2.41. The molecule has 0 aliphatic heterocycles. The third-order valence-electron chi connectivity index (χ3n) is 2.96. The van der Waals surface area contributed by atoms with Crippen LogP contribution in [0.15, 0.2) is 42.5 Å². The van der Waals surface area contributed by atoms with Gasteiger partial charge < -0.3 is 4.74 Å². The Bertz CT molecular complexity index is 388. The normalized spacial score (nSPS) is 17.3. The molecule has 16 heavy (non-hydrogen) atoms. The lowest BCUT2D eigenvalue weighted by atomic mass is 9.96. The Hall–Kier alpha value is -1.57. The molecule has 1 aromatic carbocycles. The van der Waals surface area contributed by atoms with E-state index in [2.05, 4.69) is 12.1 Å². The summed E-state index contributed by atoms with van der Waals surface area (Å²) in [7, 11) is 0. The van der Waals surface area contributed by atoms with Crippen molar-refractivity contribution >= 4 is 5.97 Å². The maximum absolute atomic E-state index is 11.2. The second kappa shape index (κ2) is 4.52. The number of allylic oxidation sites excluding steroid dienone is 1. The van der Waals surface area contributed by atoms with Gasteiger partial charge in [-0.1, -0.05) is 36.4 Å². The van der Waals surface area contributed by atoms with Crippen LogP contribution in [0.3, 0.4) is 0 Å². The van der Waals surface area contributed by atoms with Crippen LogP contribution in [-0.4, -0.2) is 12.6 Å². The fourth-order valence-corrected chi connectivity index (χ4v) is 1.87. The molecule has 1 saturated carbocycles. The third-order valence-corrected chi connectivity index (χ3v) is 2.96. The summed E-state index contributed by atoms with van der Waals surface area (Å²) in [4.78, 5) is 11.2. The van der Waals surface area contributed by atoms with Crippen molar-refractivity contribution in [2.75, 3.05) is 6.61 Å². The number of hydrogen-bond acceptors (Lipinski definition) is 2. The Morgan fingerprint density at radius 2 is 2.06 bits per heavy atom. The van der Waals surface area contributed by atoms with Crippen LogP contribution in [0.25, 0.3) is 0 Å². The molecule has 0 amide bonds. The van der Waals surface area contributed by atoms with Gasteiger partial charge in [-0.15, -0.1) is 0 Å². The zero-order valence-electron chi connectivity index (χ0n) is 9.48. The summed E-state index contributed by atoms with van der Waals surface area (Å²) in [5, 5.41) is 0. The number of benzene rings is 1. The molecule has 2 nitrogen and oxygen atoms in total. The molecule has 2 heteroatoms. The summed E-state index contributed by atoms with van der Waals surface area (Å²) < 4.78 is 4.88. The van der Waals surface area contributed by atoms with Crippen LogP contribution in [0, 0.1) is 0 Å². The summed E-state index contributed by atoms with van der Waals surface area (Å²) in [5.41, 5.74) is 1.38. The second-order valence-electron chi connectivity index (χ2n) is 4.11. The van der Waals surface area contributed by atoms with E-state index in [9.17, 15) is 4.79 Å². The second-order valence-corrected chi connectivity index (χ2v) is 4.11. The molecular formula is C14H16O2. The van der Waals surface area contributed by atoms with Gasteiger partial charge in [-0.05, 0) is 25.3 Å². The Balaban J connectivity index is 2.07. The van der Waals surface area contributed by atoms with Gasteiger partial charge in [0.2, 0.25) is 0 Å². The van der Waals surface area contributed by atoms with Gasteiger partial charge in [-0.2, -0.15) is 0 Å². The molecule has 0 N–H and O–H groups in total. The Kier molecular flexibility index (Phi) is 3.09. The van der Waals surface area contributed by atoms with E-state index in [1.54, 1.807) is 6.08 Å². The maximum atomic E-state index is 11.2. The minimum Gasteiger partial charge on any atom is -0.463 e. The molecule has 0 spiro atoms. The number of ether oxygens (including phenoxy) is 1. The van der Waals surface area contributed by atoms with Gasteiger partial charge in [0.05, 0.1) is 6.61 Å². The van der Waals surface area contributed by atoms with Crippen molar-refractivity contribution in [3.63, 3.8) is 0 Å². The summed E-state index contributed by atoms with van der Waals surface area (Å²) in [6.45, 7) is 2.25. The van der Waals surface area contributed by atoms with E-state index in [0.29, 0.717) is 6.61 Å². The summed E-state index contributed by atoms with van der Waals surface area (Å²) >= 11 is 0. The molecule has 0 saturated heterocycles. The van der Waals surface area contributed by atoms with E-state index < -0.39 is 0 Å². The van der Waals surface area contributed by atoms with E-state index in [4.69, 9.17) is 4.74 Å². The first-order valence-corrected chi connectivity index (χ1v) is 5.68. The van der Waals surface area contributed by atoms with Crippen molar-refractivity contribution in [3.8, 4) is 0 Å². The Morgan fingerprint density at radius 1 is 1.38 bits per heavy atom. The van der Waals surface area contributed by atoms with Crippen molar-refractivity contribution in [1.29, 1.82) is 0 Å². The van der Waals surface area contributed by atoms with Crippen molar-refractivity contribution < 1.29 is 9.53 Å². The van der Waals surface area contributed by atoms with Gasteiger partial charge >= 0.3 is 5.97 Å². The number of esters is 1. The van der Waals surface area contributed by atoms with E-state index in [0.717, 1.165) is 12.8 Å². The fraction of sp³-hybridized carbons (Fsp3) is 0.357. The van der Waals surface area contributed by atoms with Crippen molar-refractivity contribution in [3.05, 3.63) is 48.0 Å². The van der Waals surface area contributed by atoms with Crippen LogP contribution in [-0.2, 0) is 14.9 Å². The van der Waals surface area contributed by atoms with E-state index in [1.165, 1.54) is 5.56 Å². The number of carbonyl (C=O) groups excluding carboxylic acids is 1. The first-order valence-electron chi connectivity index (χ1n) is 5.68. The van der Waals surface area contributed by atoms with E-state index >= 15 is 0 Å². The fourth-order valence-electron chi connectivity index (χ4n) is 1.87. The Morgan fingerprint density at radius 3 is 2.62 bits per heavy atom. The van der Waals surface area contributed by atoms with E-state index in [-0.39, 0.29) is 11.4 Å². The van der Waals surface area contributed by atoms with Crippen molar-refractivity contribution in [1.82, 2.24) is 0 Å². The smallest absolute Gasteiger partial charge is 0.330 e. The topological polar surface area (TPSA) is 26.3 Å². The van der Waals surface area contributed by atoms with Gasteiger partial charge in [0, 0.05) is 11.5 Å². The highest BCUT2D eigenvalue weighted by Crippen LogP contribution is 2.49. The van der Waals surface area contributed by atoms with Crippen molar-refractivity contribution in [2.45, 2.75) is 25.2 Å². The lowest BCUT2D eigenvalue weighted by Crippen LogP contribution is -2.05. The zero-order chi connectivity index (χ0) is 11.4. The van der Waals surface area contributed by atoms with Crippen LogP contribution in [0.4, 0.5) is 0 Å². The average molecular weight is 216 g/mol. The minimum absolute atomic E-state index is 0.0913. The molecule has 0 atom stereocenters. The lowest BCUT2D eigenvalue weighted by molar-refractivity contribution is -0.137. The van der Waals surface area contributed by atoms with Gasteiger partial charge in [0.15, 0.2) is 0 Å². The van der Waals surface area contributed by atoms with Gasteiger partial charge in [-0.3, -0.25) is 0 Å². The van der Waals surface area contributed by atoms with Crippen LogP contribution in [0.2, 0.25) is 0 Å². The van der Waals surface area contributed by atoms with Crippen LogP contribution >= 0.6 is 0 Å². The zero-order valence-corrected chi connectivity index (χ0v) is 9.48. The standard InChI is InChI=1S/C14H16O2/c1-2-16-13(15)8-9-14(10-11-14)12-6-4-3-5-7-12/h3-9H,2,10-11H2,1H3/b9-8+. The molecule has 0 unspecified atom stereocenters. The molecule has 1 aromatic rings. The molecule has 0 aromatic heterocycles. The quantitative estimate of drug-likeness (QED) is 0.571. The van der Waals surface area contributed by atoms with Crippen LogP contribution < -0.4 is 0 Å². The van der Waals surface area contributed by atoms with Gasteiger partial charge in [0.25, 0.3) is 0 Å². The third kappa shape index (κ3) is 2.32. The molecular weight excluding hydrogens is 200 g/mol. The van der Waals surface area contributed by atoms with E-state index in [1.807, 2.05) is 31.2 Å². The summed E-state index contributed by atoms with van der Waals surface area (Å²) in [5.74, 6) is -0.246. The number of carbonyl (C=O) groups is 1. The molecule has 84 valence electrons. The van der Waals surface area contributed by atoms with Gasteiger partial charge in [-0.25, -0.2) is 4.79 Å². The SMILES string of the molecule is CCOC(=O)/C=C/C1(c2ccccc2)CC1. The lowest BCUT2D eigenvalue weighted by Gasteiger charge is -2.09. The minimum atomic E-state index is -0.246. The Labute approximate surface area is 95.9 Å². The molecule has 2 rings (SSSR count). The molecule has 1 fully saturated rings. The predicted octanol–water partition coefficient (Wildman–Crippen LogP) is 2.84. The van der Waals surface area contributed by atoms with Crippen molar-refractivity contribution in [2.24, 2.45) is 0 Å².